The van der Waals surface area contributed by atoms with Crippen molar-refractivity contribution in [3.05, 3.63) is 39.2 Å². The van der Waals surface area contributed by atoms with Gasteiger partial charge in [0.25, 0.3) is 5.56 Å². The first-order valence-corrected chi connectivity index (χ1v) is 5.48. The van der Waals surface area contributed by atoms with Crippen molar-refractivity contribution in [2.75, 3.05) is 7.11 Å². The van der Waals surface area contributed by atoms with Crippen LogP contribution in [0.3, 0.4) is 0 Å². The van der Waals surface area contributed by atoms with Crippen molar-refractivity contribution < 1.29 is 4.74 Å². The fourth-order valence-electron chi connectivity index (χ4n) is 2.10. The molecule has 1 aromatic carbocycles. The molecule has 0 aliphatic carbocycles. The van der Waals surface area contributed by atoms with Gasteiger partial charge >= 0.3 is 0 Å². The molecule has 4 heteroatoms. The smallest absolute Gasteiger partial charge is 0.253 e. The molecule has 3 N–H and O–H groups in total. The lowest BCUT2D eigenvalue weighted by Crippen LogP contribution is -2.18. The van der Waals surface area contributed by atoms with E-state index in [9.17, 15) is 4.79 Å². The van der Waals surface area contributed by atoms with Crippen LogP contribution in [0.1, 0.15) is 16.7 Å². The molecule has 2 aromatic rings. The molecule has 0 saturated carbocycles. The van der Waals surface area contributed by atoms with Crippen molar-refractivity contribution in [3.63, 3.8) is 0 Å². The standard InChI is InChI=1S/C13H16N2O2/c1-7-4-9(17-3)5-10-8(2)11(6-14)13(16)15-12(7)10/h4-5H,6,14H2,1-3H3,(H,15,16). The van der Waals surface area contributed by atoms with E-state index < -0.39 is 0 Å². The number of nitrogens with one attached hydrogen (secondary N) is 1. The second-order valence-corrected chi connectivity index (χ2v) is 4.13. The molecule has 0 unspecified atom stereocenters. The molecule has 0 radical (unpaired) electrons. The predicted molar refractivity (Wildman–Crippen MR) is 68.5 cm³/mol. The molecule has 90 valence electrons. The van der Waals surface area contributed by atoms with Gasteiger partial charge in [0.2, 0.25) is 0 Å². The van der Waals surface area contributed by atoms with E-state index >= 15 is 0 Å². The van der Waals surface area contributed by atoms with E-state index in [1.54, 1.807) is 7.11 Å². The lowest BCUT2D eigenvalue weighted by Gasteiger charge is -2.11. The summed E-state index contributed by atoms with van der Waals surface area (Å²) in [6, 6.07) is 3.83. The van der Waals surface area contributed by atoms with Crippen LogP contribution in [-0.2, 0) is 6.54 Å². The molecule has 1 aromatic heterocycles. The summed E-state index contributed by atoms with van der Waals surface area (Å²) >= 11 is 0. The van der Waals surface area contributed by atoms with Gasteiger partial charge in [0.15, 0.2) is 0 Å². The third kappa shape index (κ3) is 1.80. The van der Waals surface area contributed by atoms with Gasteiger partial charge < -0.3 is 15.5 Å². The molecule has 0 fully saturated rings. The van der Waals surface area contributed by atoms with Gasteiger partial charge in [-0.3, -0.25) is 4.79 Å². The summed E-state index contributed by atoms with van der Waals surface area (Å²) in [7, 11) is 1.63. The molecule has 0 amide bonds. The quantitative estimate of drug-likeness (QED) is 0.826. The highest BCUT2D eigenvalue weighted by Gasteiger charge is 2.10. The van der Waals surface area contributed by atoms with E-state index in [-0.39, 0.29) is 12.1 Å². The fraction of sp³-hybridized carbons (Fsp3) is 0.308. The summed E-state index contributed by atoms with van der Waals surface area (Å²) in [4.78, 5) is 14.7. The molecule has 17 heavy (non-hydrogen) atoms. The number of ether oxygens (including phenoxy) is 1. The van der Waals surface area contributed by atoms with Crippen LogP contribution in [0.5, 0.6) is 5.75 Å². The topological polar surface area (TPSA) is 68.1 Å². The monoisotopic (exact) mass is 232 g/mol. The predicted octanol–water partition coefficient (Wildman–Crippen LogP) is 1.61. The number of nitrogens with two attached hydrogens (primary N) is 1. The van der Waals surface area contributed by atoms with E-state index in [4.69, 9.17) is 10.5 Å². The van der Waals surface area contributed by atoms with Crippen LogP contribution in [-0.4, -0.2) is 12.1 Å². The van der Waals surface area contributed by atoms with Crippen molar-refractivity contribution in [1.29, 1.82) is 0 Å². The first-order valence-electron chi connectivity index (χ1n) is 5.48. The minimum Gasteiger partial charge on any atom is -0.497 e. The molecule has 2 rings (SSSR count). The third-order valence-corrected chi connectivity index (χ3v) is 3.12. The van der Waals surface area contributed by atoms with Crippen LogP contribution in [0.15, 0.2) is 16.9 Å². The Morgan fingerprint density at radius 1 is 1.35 bits per heavy atom. The zero-order valence-corrected chi connectivity index (χ0v) is 10.3. The van der Waals surface area contributed by atoms with E-state index in [1.165, 1.54) is 0 Å². The molecule has 0 aliphatic rings. The number of benzene rings is 1. The van der Waals surface area contributed by atoms with Gasteiger partial charge in [0.1, 0.15) is 5.75 Å². The van der Waals surface area contributed by atoms with E-state index in [0.717, 1.165) is 27.8 Å². The average Bonchev–Trinajstić information content (AvgIpc) is 2.31. The molecular formula is C13H16N2O2. The Labute approximate surface area is 99.4 Å². The third-order valence-electron chi connectivity index (χ3n) is 3.12. The lowest BCUT2D eigenvalue weighted by molar-refractivity contribution is 0.415. The number of aromatic amines is 1. The van der Waals surface area contributed by atoms with Gasteiger partial charge in [-0.15, -0.1) is 0 Å². The average molecular weight is 232 g/mol. The summed E-state index contributed by atoms with van der Waals surface area (Å²) in [6.07, 6.45) is 0. The number of methoxy groups -OCH3 is 1. The largest absolute Gasteiger partial charge is 0.497 e. The molecule has 0 bridgehead atoms. The number of aromatic nitrogens is 1. The number of aryl methyl sites for hydroxylation is 2. The minimum absolute atomic E-state index is 0.106. The number of hydrogen-bond donors (Lipinski definition) is 2. The highest BCUT2D eigenvalue weighted by molar-refractivity contribution is 5.87. The Kier molecular flexibility index (Phi) is 2.90. The maximum atomic E-state index is 11.8. The first-order chi connectivity index (χ1) is 8.08. The number of pyridine rings is 1. The molecule has 4 nitrogen and oxygen atoms in total. The molecule has 0 atom stereocenters. The highest BCUT2D eigenvalue weighted by atomic mass is 16.5. The van der Waals surface area contributed by atoms with Gasteiger partial charge in [-0.2, -0.15) is 0 Å². The number of fused-ring (bicyclic) bond motifs is 1. The van der Waals surface area contributed by atoms with Crippen molar-refractivity contribution in [2.24, 2.45) is 5.73 Å². The van der Waals surface area contributed by atoms with Gasteiger partial charge in [0.05, 0.1) is 12.6 Å². The molecule has 1 heterocycles. The van der Waals surface area contributed by atoms with Crippen LogP contribution in [0.25, 0.3) is 10.9 Å². The van der Waals surface area contributed by atoms with E-state index in [1.807, 2.05) is 26.0 Å². The zero-order chi connectivity index (χ0) is 12.6. The van der Waals surface area contributed by atoms with E-state index in [2.05, 4.69) is 4.98 Å². The summed E-state index contributed by atoms with van der Waals surface area (Å²) in [5.41, 5.74) is 8.89. The van der Waals surface area contributed by atoms with Gasteiger partial charge in [-0.1, -0.05) is 0 Å². The Morgan fingerprint density at radius 3 is 2.65 bits per heavy atom. The maximum Gasteiger partial charge on any atom is 0.253 e. The van der Waals surface area contributed by atoms with Gasteiger partial charge in [0, 0.05) is 17.5 Å². The van der Waals surface area contributed by atoms with Gasteiger partial charge in [-0.25, -0.2) is 0 Å². The van der Waals surface area contributed by atoms with Crippen LogP contribution in [0.2, 0.25) is 0 Å². The van der Waals surface area contributed by atoms with Crippen LogP contribution >= 0.6 is 0 Å². The minimum atomic E-state index is -0.106. The lowest BCUT2D eigenvalue weighted by atomic mass is 10.0. The van der Waals surface area contributed by atoms with Crippen molar-refractivity contribution in [3.8, 4) is 5.75 Å². The molecular weight excluding hydrogens is 216 g/mol. The second kappa shape index (κ2) is 4.22. The summed E-state index contributed by atoms with van der Waals surface area (Å²) in [5.74, 6) is 0.785. The number of rotatable bonds is 2. The second-order valence-electron chi connectivity index (χ2n) is 4.13. The van der Waals surface area contributed by atoms with Crippen molar-refractivity contribution in [2.45, 2.75) is 20.4 Å². The number of hydrogen-bond acceptors (Lipinski definition) is 3. The maximum absolute atomic E-state index is 11.8. The Bertz CT molecular complexity index is 629. The molecule has 0 spiro atoms. The SMILES string of the molecule is COc1cc(C)c2[nH]c(=O)c(CN)c(C)c2c1. The first kappa shape index (κ1) is 11.7. The summed E-state index contributed by atoms with van der Waals surface area (Å²) in [5, 5.41) is 0.988. The Morgan fingerprint density at radius 2 is 2.06 bits per heavy atom. The van der Waals surface area contributed by atoms with Crippen molar-refractivity contribution >= 4 is 10.9 Å². The van der Waals surface area contributed by atoms with E-state index in [0.29, 0.717) is 5.56 Å². The Hall–Kier alpha value is -1.81. The van der Waals surface area contributed by atoms with Crippen LogP contribution < -0.4 is 16.0 Å². The van der Waals surface area contributed by atoms with Gasteiger partial charge in [-0.05, 0) is 37.1 Å². The van der Waals surface area contributed by atoms with Crippen LogP contribution in [0, 0.1) is 13.8 Å². The molecule has 0 aliphatic heterocycles. The summed E-state index contributed by atoms with van der Waals surface area (Å²) < 4.78 is 5.24. The normalized spacial score (nSPS) is 10.8. The van der Waals surface area contributed by atoms with Crippen LogP contribution in [0.4, 0.5) is 0 Å². The fourth-order valence-corrected chi connectivity index (χ4v) is 2.10. The summed E-state index contributed by atoms with van der Waals surface area (Å²) in [6.45, 7) is 4.11. The molecule has 0 saturated heterocycles. The zero-order valence-electron chi connectivity index (χ0n) is 10.3. The highest BCUT2D eigenvalue weighted by Crippen LogP contribution is 2.25. The Balaban J connectivity index is 2.92. The van der Waals surface area contributed by atoms with Crippen molar-refractivity contribution in [1.82, 2.24) is 4.98 Å². The number of H-pyrrole nitrogens is 1.